The highest BCUT2D eigenvalue weighted by molar-refractivity contribution is 6.07. The molecule has 0 aliphatic carbocycles. The van der Waals surface area contributed by atoms with Crippen LogP contribution in [0.15, 0.2) is 48.7 Å². The Bertz CT molecular complexity index is 1170. The molecule has 1 saturated heterocycles. The number of piperidine rings is 1. The first kappa shape index (κ1) is 19.6. The molecule has 7 nitrogen and oxygen atoms in total. The molecular weight excluding hydrogens is 394 g/mol. The lowest BCUT2D eigenvalue weighted by molar-refractivity contribution is -0.116. The number of fused-ring (bicyclic) bond motifs is 2. The number of aliphatic hydroxyl groups is 1. The van der Waals surface area contributed by atoms with Gasteiger partial charge in [0.05, 0.1) is 12.1 Å². The van der Waals surface area contributed by atoms with Crippen molar-refractivity contribution in [1.82, 2.24) is 9.47 Å². The van der Waals surface area contributed by atoms with Crippen LogP contribution in [-0.2, 0) is 18.3 Å². The molecule has 0 radical (unpaired) electrons. The predicted molar refractivity (Wildman–Crippen MR) is 117 cm³/mol. The van der Waals surface area contributed by atoms with Gasteiger partial charge in [-0.3, -0.25) is 9.59 Å². The van der Waals surface area contributed by atoms with Crippen LogP contribution in [0.5, 0.6) is 5.75 Å². The van der Waals surface area contributed by atoms with Crippen molar-refractivity contribution in [3.63, 3.8) is 0 Å². The van der Waals surface area contributed by atoms with E-state index >= 15 is 0 Å². The van der Waals surface area contributed by atoms with Crippen molar-refractivity contribution in [2.45, 2.75) is 31.5 Å². The summed E-state index contributed by atoms with van der Waals surface area (Å²) in [7, 11) is 1.93. The van der Waals surface area contributed by atoms with Gasteiger partial charge >= 0.3 is 0 Å². The zero-order chi connectivity index (χ0) is 21.5. The third kappa shape index (κ3) is 3.65. The Kier molecular flexibility index (Phi) is 4.90. The second-order valence-electron chi connectivity index (χ2n) is 8.30. The summed E-state index contributed by atoms with van der Waals surface area (Å²) in [5.74, 6) is 0.631. The van der Waals surface area contributed by atoms with Crippen LogP contribution in [0.25, 0.3) is 10.9 Å². The molecule has 1 fully saturated rings. The minimum absolute atomic E-state index is 0.0276. The molecule has 1 aromatic heterocycles. The Morgan fingerprint density at radius 1 is 1.19 bits per heavy atom. The molecule has 5 rings (SSSR count). The average Bonchev–Trinajstić information content (AvgIpc) is 3.11. The van der Waals surface area contributed by atoms with Gasteiger partial charge in [0.1, 0.15) is 18.0 Å². The van der Waals surface area contributed by atoms with Crippen molar-refractivity contribution in [3.8, 4) is 5.75 Å². The van der Waals surface area contributed by atoms with Crippen molar-refractivity contribution in [2.75, 3.05) is 18.4 Å². The summed E-state index contributed by atoms with van der Waals surface area (Å²) in [6.45, 7) is 0.749. The van der Waals surface area contributed by atoms with Gasteiger partial charge in [0.25, 0.3) is 5.91 Å². The van der Waals surface area contributed by atoms with Crippen molar-refractivity contribution < 1.29 is 19.4 Å². The number of likely N-dealkylation sites (tertiary alicyclic amines) is 1. The lowest BCUT2D eigenvalue weighted by Crippen LogP contribution is -2.51. The Hall–Kier alpha value is -3.32. The summed E-state index contributed by atoms with van der Waals surface area (Å²) in [6.07, 6.45) is 2.39. The normalized spacial score (nSPS) is 21.0. The van der Waals surface area contributed by atoms with Gasteiger partial charge in [-0.05, 0) is 36.2 Å². The van der Waals surface area contributed by atoms with E-state index in [0.717, 1.165) is 22.2 Å². The first-order chi connectivity index (χ1) is 15.0. The maximum Gasteiger partial charge on any atom is 0.256 e. The van der Waals surface area contributed by atoms with Gasteiger partial charge in [0.15, 0.2) is 0 Å². The molecule has 2 N–H and O–H groups in total. The summed E-state index contributed by atoms with van der Waals surface area (Å²) in [5, 5.41) is 14.5. The zero-order valence-corrected chi connectivity index (χ0v) is 17.4. The lowest BCUT2D eigenvalue weighted by Gasteiger charge is -2.36. The molecule has 0 spiro atoms. The number of aromatic nitrogens is 1. The predicted octanol–water partition coefficient (Wildman–Crippen LogP) is 2.72. The summed E-state index contributed by atoms with van der Waals surface area (Å²) in [4.78, 5) is 26.4. The average molecular weight is 419 g/mol. The highest BCUT2D eigenvalue weighted by Gasteiger charge is 2.33. The maximum absolute atomic E-state index is 13.2. The molecule has 2 atom stereocenters. The van der Waals surface area contributed by atoms with Crippen LogP contribution in [0, 0.1) is 0 Å². The summed E-state index contributed by atoms with van der Waals surface area (Å²) in [6, 6.07) is 13.4. The van der Waals surface area contributed by atoms with Crippen LogP contribution in [0.2, 0.25) is 0 Å². The van der Waals surface area contributed by atoms with Gasteiger partial charge in [-0.25, -0.2) is 0 Å². The molecule has 0 unspecified atom stereocenters. The molecule has 0 saturated carbocycles. The fourth-order valence-corrected chi connectivity index (χ4v) is 4.52. The lowest BCUT2D eigenvalue weighted by atomic mass is 10.0. The van der Waals surface area contributed by atoms with E-state index in [1.165, 1.54) is 0 Å². The number of nitrogens with zero attached hydrogens (tertiary/aromatic N) is 2. The van der Waals surface area contributed by atoms with E-state index < -0.39 is 6.10 Å². The van der Waals surface area contributed by atoms with Gasteiger partial charge in [-0.2, -0.15) is 0 Å². The van der Waals surface area contributed by atoms with Crippen LogP contribution >= 0.6 is 0 Å². The number of para-hydroxylation sites is 1. The van der Waals surface area contributed by atoms with Gasteiger partial charge in [-0.15, -0.1) is 0 Å². The SMILES string of the molecule is Cn1cc(C(=O)N2CC[C@@H](Oc3ccc4c(c3)CCC(=O)N4)[C@H](O)C2)c2ccccc21. The van der Waals surface area contributed by atoms with Crippen molar-refractivity contribution >= 4 is 28.4 Å². The number of carbonyl (C=O) groups excluding carboxylic acids is 2. The number of β-amino-alcohol motifs (C(OH)–C–C–N with tert-alkyl or cyclic N) is 1. The first-order valence-electron chi connectivity index (χ1n) is 10.6. The molecular formula is C24H25N3O4. The molecule has 2 amide bonds. The van der Waals surface area contributed by atoms with E-state index in [1.54, 1.807) is 4.90 Å². The molecule has 2 aliphatic heterocycles. The summed E-state index contributed by atoms with van der Waals surface area (Å²) in [5.41, 5.74) is 3.52. The van der Waals surface area contributed by atoms with Crippen LogP contribution < -0.4 is 10.1 Å². The third-order valence-corrected chi connectivity index (χ3v) is 6.19. The zero-order valence-electron chi connectivity index (χ0n) is 17.4. The fraction of sp³-hybridized carbons (Fsp3) is 0.333. The molecule has 3 aromatic rings. The van der Waals surface area contributed by atoms with E-state index in [1.807, 2.05) is 60.3 Å². The molecule has 31 heavy (non-hydrogen) atoms. The largest absolute Gasteiger partial charge is 0.488 e. The molecule has 160 valence electrons. The number of hydrogen-bond acceptors (Lipinski definition) is 4. The van der Waals surface area contributed by atoms with Crippen LogP contribution in [-0.4, -0.2) is 51.7 Å². The number of ether oxygens (including phenoxy) is 1. The molecule has 2 aromatic carbocycles. The number of benzene rings is 2. The van der Waals surface area contributed by atoms with Gasteiger partial charge < -0.3 is 24.6 Å². The number of nitrogens with one attached hydrogen (secondary N) is 1. The summed E-state index contributed by atoms with van der Waals surface area (Å²) >= 11 is 0. The Balaban J connectivity index is 1.27. The summed E-state index contributed by atoms with van der Waals surface area (Å²) < 4.78 is 8.02. The number of hydrogen-bond donors (Lipinski definition) is 2. The number of amides is 2. The molecule has 0 bridgehead atoms. The second-order valence-corrected chi connectivity index (χ2v) is 8.30. The monoisotopic (exact) mass is 419 g/mol. The van der Waals surface area contributed by atoms with Gasteiger partial charge in [0.2, 0.25) is 5.91 Å². The number of aliphatic hydroxyl groups excluding tert-OH is 1. The Labute approximate surface area is 180 Å². The molecule has 7 heteroatoms. The van der Waals surface area contributed by atoms with E-state index in [9.17, 15) is 14.7 Å². The maximum atomic E-state index is 13.2. The van der Waals surface area contributed by atoms with E-state index in [2.05, 4.69) is 5.32 Å². The van der Waals surface area contributed by atoms with Crippen LogP contribution in [0.3, 0.4) is 0 Å². The van der Waals surface area contributed by atoms with Crippen LogP contribution in [0.1, 0.15) is 28.8 Å². The molecule has 2 aliphatic rings. The van der Waals surface area contributed by atoms with E-state index in [0.29, 0.717) is 37.1 Å². The third-order valence-electron chi connectivity index (χ3n) is 6.19. The highest BCUT2D eigenvalue weighted by Crippen LogP contribution is 2.29. The Morgan fingerprint density at radius 2 is 2.03 bits per heavy atom. The topological polar surface area (TPSA) is 83.8 Å². The van der Waals surface area contributed by atoms with Crippen molar-refractivity contribution in [1.29, 1.82) is 0 Å². The Morgan fingerprint density at radius 3 is 2.87 bits per heavy atom. The quantitative estimate of drug-likeness (QED) is 0.684. The van der Waals surface area contributed by atoms with Crippen molar-refractivity contribution in [2.24, 2.45) is 7.05 Å². The van der Waals surface area contributed by atoms with Gasteiger partial charge in [-0.1, -0.05) is 18.2 Å². The number of carbonyl (C=O) groups is 2. The smallest absolute Gasteiger partial charge is 0.256 e. The second kappa shape index (κ2) is 7.74. The van der Waals surface area contributed by atoms with E-state index in [-0.39, 0.29) is 24.5 Å². The fourth-order valence-electron chi connectivity index (χ4n) is 4.52. The number of aryl methyl sites for hydroxylation is 2. The minimum atomic E-state index is -0.775. The number of rotatable bonds is 3. The van der Waals surface area contributed by atoms with Crippen LogP contribution in [0.4, 0.5) is 5.69 Å². The first-order valence-corrected chi connectivity index (χ1v) is 10.6. The number of anilines is 1. The van der Waals surface area contributed by atoms with Gasteiger partial charge in [0, 0.05) is 49.2 Å². The standard InChI is InChI=1S/C24H25N3O4/c1-26-13-18(17-4-2-3-5-20(17)26)24(30)27-11-10-22(21(28)14-27)31-16-7-8-19-15(12-16)6-9-23(29)25-19/h2-5,7-8,12-13,21-22,28H,6,9-11,14H2,1H3,(H,25,29)/t21-,22-/m1/s1. The van der Waals surface area contributed by atoms with E-state index in [4.69, 9.17) is 4.74 Å². The minimum Gasteiger partial charge on any atom is -0.488 e. The molecule has 3 heterocycles. The highest BCUT2D eigenvalue weighted by atomic mass is 16.5. The van der Waals surface area contributed by atoms with Crippen molar-refractivity contribution in [3.05, 3.63) is 59.8 Å².